The first-order valence-corrected chi connectivity index (χ1v) is 17.0. The van der Waals surface area contributed by atoms with Gasteiger partial charge in [0.2, 0.25) is 0 Å². The van der Waals surface area contributed by atoms with Gasteiger partial charge in [0, 0.05) is 38.2 Å². The molecule has 0 radical (unpaired) electrons. The first kappa shape index (κ1) is 33.6. The lowest BCUT2D eigenvalue weighted by molar-refractivity contribution is 0.0268. The fraction of sp³-hybridized carbons (Fsp3) is 0.595. The maximum atomic E-state index is 14.1. The highest BCUT2D eigenvalue weighted by molar-refractivity contribution is 5.95. The van der Waals surface area contributed by atoms with Crippen molar-refractivity contribution in [2.45, 2.75) is 103 Å². The molecule has 3 amide bonds. The normalized spacial score (nSPS) is 21.0. The quantitative estimate of drug-likeness (QED) is 0.319. The molecule has 9 heteroatoms. The minimum absolute atomic E-state index is 0.0171. The third kappa shape index (κ3) is 8.53. The van der Waals surface area contributed by atoms with Gasteiger partial charge < -0.3 is 28.9 Å². The zero-order chi connectivity index (χ0) is 32.8. The summed E-state index contributed by atoms with van der Waals surface area (Å²) in [5.74, 6) is 1.28. The molecule has 2 atom stereocenters. The lowest BCUT2D eigenvalue weighted by atomic mass is 9.83. The molecule has 250 valence electrons. The van der Waals surface area contributed by atoms with Crippen molar-refractivity contribution < 1.29 is 28.6 Å². The van der Waals surface area contributed by atoms with Crippen LogP contribution in [0.4, 0.5) is 9.59 Å². The number of benzene rings is 2. The monoisotopic (exact) mass is 633 g/mol. The van der Waals surface area contributed by atoms with Crippen molar-refractivity contribution >= 4 is 18.1 Å². The number of amides is 3. The van der Waals surface area contributed by atoms with Crippen LogP contribution in [0.5, 0.6) is 5.75 Å². The van der Waals surface area contributed by atoms with E-state index in [1.807, 2.05) is 74.2 Å². The summed E-state index contributed by atoms with van der Waals surface area (Å²) in [4.78, 5) is 45.1. The number of hydrogen-bond donors (Lipinski definition) is 0. The Hall–Kier alpha value is -3.75. The number of carbonyl (C=O) groups excluding carboxylic acids is 3. The largest absolute Gasteiger partial charge is 0.488 e. The van der Waals surface area contributed by atoms with Gasteiger partial charge in [-0.15, -0.1) is 0 Å². The van der Waals surface area contributed by atoms with E-state index >= 15 is 0 Å². The molecule has 2 aliphatic heterocycles. The predicted octanol–water partition coefficient (Wildman–Crippen LogP) is 7.24. The van der Waals surface area contributed by atoms with Crippen molar-refractivity contribution in [2.24, 2.45) is 5.92 Å². The van der Waals surface area contributed by atoms with E-state index in [0.29, 0.717) is 44.2 Å². The summed E-state index contributed by atoms with van der Waals surface area (Å²) < 4.78 is 17.8. The second-order valence-corrected chi connectivity index (χ2v) is 14.3. The number of piperazine rings is 1. The van der Waals surface area contributed by atoms with Gasteiger partial charge in [0.15, 0.2) is 0 Å². The minimum Gasteiger partial charge on any atom is -0.488 e. The lowest BCUT2D eigenvalue weighted by Crippen LogP contribution is -2.58. The summed E-state index contributed by atoms with van der Waals surface area (Å²) in [6.45, 7) is 12.4. The second kappa shape index (κ2) is 14.8. The molecular formula is C37H51N3O6. The fourth-order valence-electron chi connectivity index (χ4n) is 6.79. The SMILES string of the molecule is CC(C)[C@H]1CN(C(=O)OCc2ccccc2)CCN1C(=O)c1ccc(O[C@H]2CCN(C(=O)OC(C)(C)C)C2)c(C2CCCCC2)c1. The van der Waals surface area contributed by atoms with E-state index in [2.05, 4.69) is 13.8 Å². The Morgan fingerprint density at radius 2 is 1.57 bits per heavy atom. The van der Waals surface area contributed by atoms with Gasteiger partial charge in [0.05, 0.1) is 12.6 Å². The number of likely N-dealkylation sites (tertiary alicyclic amines) is 1. The second-order valence-electron chi connectivity index (χ2n) is 14.3. The van der Waals surface area contributed by atoms with E-state index in [4.69, 9.17) is 14.2 Å². The van der Waals surface area contributed by atoms with Crippen molar-refractivity contribution in [3.05, 3.63) is 65.2 Å². The maximum absolute atomic E-state index is 14.1. The zero-order valence-electron chi connectivity index (χ0n) is 28.2. The van der Waals surface area contributed by atoms with Crippen molar-refractivity contribution in [3.63, 3.8) is 0 Å². The number of ether oxygens (including phenoxy) is 3. The summed E-state index contributed by atoms with van der Waals surface area (Å²) in [6.07, 6.45) is 5.64. The van der Waals surface area contributed by atoms with E-state index < -0.39 is 5.60 Å². The molecule has 1 saturated carbocycles. The smallest absolute Gasteiger partial charge is 0.410 e. The first-order valence-electron chi connectivity index (χ1n) is 17.0. The number of hydrogen-bond acceptors (Lipinski definition) is 6. The van der Waals surface area contributed by atoms with Crippen molar-refractivity contribution in [1.82, 2.24) is 14.7 Å². The highest BCUT2D eigenvalue weighted by Gasteiger charge is 2.36. The van der Waals surface area contributed by atoms with Crippen molar-refractivity contribution in [2.75, 3.05) is 32.7 Å². The molecule has 1 aliphatic carbocycles. The fourth-order valence-corrected chi connectivity index (χ4v) is 6.79. The average molecular weight is 634 g/mol. The summed E-state index contributed by atoms with van der Waals surface area (Å²) >= 11 is 0. The first-order chi connectivity index (χ1) is 22.0. The number of nitrogens with zero attached hydrogens (tertiary/aromatic N) is 3. The molecule has 0 aromatic heterocycles. The van der Waals surface area contributed by atoms with Gasteiger partial charge in [0.1, 0.15) is 24.1 Å². The summed E-state index contributed by atoms with van der Waals surface area (Å²) in [7, 11) is 0. The predicted molar refractivity (Wildman–Crippen MR) is 177 cm³/mol. The van der Waals surface area contributed by atoms with Crippen LogP contribution in [0.3, 0.4) is 0 Å². The molecule has 0 unspecified atom stereocenters. The van der Waals surface area contributed by atoms with Crippen molar-refractivity contribution in [3.8, 4) is 5.75 Å². The number of rotatable bonds is 7. The van der Waals surface area contributed by atoms with Crippen LogP contribution in [0.15, 0.2) is 48.5 Å². The maximum Gasteiger partial charge on any atom is 0.410 e. The van der Waals surface area contributed by atoms with Crippen molar-refractivity contribution in [1.29, 1.82) is 0 Å². The van der Waals surface area contributed by atoms with Gasteiger partial charge in [-0.25, -0.2) is 9.59 Å². The summed E-state index contributed by atoms with van der Waals surface area (Å²) in [6, 6.07) is 15.4. The van der Waals surface area contributed by atoms with Gasteiger partial charge in [-0.05, 0) is 74.8 Å². The Balaban J connectivity index is 1.28. The van der Waals surface area contributed by atoms with Gasteiger partial charge in [-0.1, -0.05) is 63.4 Å². The Labute approximate surface area is 274 Å². The van der Waals surface area contributed by atoms with Crippen LogP contribution in [-0.4, -0.2) is 83.3 Å². The van der Waals surface area contributed by atoms with Crippen LogP contribution in [0.25, 0.3) is 0 Å². The molecule has 46 heavy (non-hydrogen) atoms. The molecule has 3 fully saturated rings. The third-order valence-corrected chi connectivity index (χ3v) is 9.30. The topological polar surface area (TPSA) is 88.6 Å². The molecule has 0 N–H and O–H groups in total. The zero-order valence-corrected chi connectivity index (χ0v) is 28.2. The van der Waals surface area contributed by atoms with Crippen LogP contribution < -0.4 is 4.74 Å². The molecule has 2 aromatic rings. The minimum atomic E-state index is -0.542. The van der Waals surface area contributed by atoms with Gasteiger partial charge in [0.25, 0.3) is 5.91 Å². The molecule has 0 spiro atoms. The molecule has 3 aliphatic rings. The van der Waals surface area contributed by atoms with Gasteiger partial charge >= 0.3 is 12.2 Å². The van der Waals surface area contributed by atoms with Crippen LogP contribution in [0.1, 0.15) is 101 Å². The lowest BCUT2D eigenvalue weighted by Gasteiger charge is -2.43. The Morgan fingerprint density at radius 3 is 2.26 bits per heavy atom. The van der Waals surface area contributed by atoms with E-state index in [1.165, 1.54) is 6.42 Å². The van der Waals surface area contributed by atoms with Gasteiger partial charge in [-0.2, -0.15) is 0 Å². The average Bonchev–Trinajstić information content (AvgIpc) is 3.52. The third-order valence-electron chi connectivity index (χ3n) is 9.30. The van der Waals surface area contributed by atoms with Crippen LogP contribution in [0.2, 0.25) is 0 Å². The van der Waals surface area contributed by atoms with Gasteiger partial charge in [-0.3, -0.25) is 4.79 Å². The van der Waals surface area contributed by atoms with E-state index in [9.17, 15) is 14.4 Å². The molecule has 0 bridgehead atoms. The molecular weight excluding hydrogens is 582 g/mol. The molecule has 2 saturated heterocycles. The van der Waals surface area contributed by atoms with E-state index in [0.717, 1.165) is 49.0 Å². The standard InChI is InChI=1S/C37H51N3O6/c1-26(2)32-24-39(35(42)44-25-27-12-8-6-9-13-27)20-21-40(32)34(41)29-16-17-33(31(22-29)28-14-10-7-11-15-28)45-30-18-19-38(23-30)36(43)46-37(3,4)5/h6,8-9,12-13,16-17,22,26,28,30,32H,7,10-11,14-15,18-21,23-25H2,1-5H3/t30-,32+/m0/s1. The molecule has 5 rings (SSSR count). The van der Waals surface area contributed by atoms with Crippen LogP contribution >= 0.6 is 0 Å². The highest BCUT2D eigenvalue weighted by atomic mass is 16.6. The van der Waals surface area contributed by atoms with Crippen LogP contribution in [0, 0.1) is 5.92 Å². The Morgan fingerprint density at radius 1 is 0.848 bits per heavy atom. The molecule has 2 aromatic carbocycles. The summed E-state index contributed by atoms with van der Waals surface area (Å²) in [5.41, 5.74) is 2.14. The van der Waals surface area contributed by atoms with E-state index in [-0.39, 0.29) is 42.8 Å². The van der Waals surface area contributed by atoms with Crippen LogP contribution in [-0.2, 0) is 16.1 Å². The summed E-state index contributed by atoms with van der Waals surface area (Å²) in [5, 5.41) is 0. The Bertz CT molecular complexity index is 1350. The van der Waals surface area contributed by atoms with E-state index in [1.54, 1.807) is 9.80 Å². The molecule has 2 heterocycles. The highest BCUT2D eigenvalue weighted by Crippen LogP contribution is 2.39. The molecule has 9 nitrogen and oxygen atoms in total. The Kier molecular flexibility index (Phi) is 10.8. The number of carbonyl (C=O) groups is 3.